The molecule has 0 aromatic heterocycles. The van der Waals surface area contributed by atoms with E-state index in [1.165, 1.54) is 66.8 Å². The van der Waals surface area contributed by atoms with Gasteiger partial charge in [0.1, 0.15) is 0 Å². The Morgan fingerprint density at radius 2 is 0.650 bits per heavy atom. The quantitative estimate of drug-likeness (QED) is 0.220. The zero-order chi connectivity index (χ0) is 25.7. The van der Waals surface area contributed by atoms with E-state index in [-0.39, 0.29) is 0 Å². The van der Waals surface area contributed by atoms with Crippen molar-refractivity contribution in [2.24, 2.45) is 0 Å². The molecule has 0 unspecified atom stereocenters. The Labute approximate surface area is 233 Å². The van der Waals surface area contributed by atoms with Crippen LogP contribution in [0.15, 0.2) is 97.1 Å². The molecule has 5 aliphatic rings. The molecule has 0 aliphatic heterocycles. The van der Waals surface area contributed by atoms with Crippen molar-refractivity contribution >= 4 is 0 Å². The molecule has 6 aromatic rings. The first-order valence-corrected chi connectivity index (χ1v) is 14.6. The van der Waals surface area contributed by atoms with E-state index in [0.717, 1.165) is 25.7 Å². The van der Waals surface area contributed by atoms with Crippen molar-refractivity contribution in [3.8, 4) is 66.8 Å². The third-order valence-electron chi connectivity index (χ3n) is 10.5. The Balaban J connectivity index is 1.35. The summed E-state index contributed by atoms with van der Waals surface area (Å²) in [5.41, 5.74) is 30.1. The maximum atomic E-state index is 2.55. The second-order valence-electron chi connectivity index (χ2n) is 12.3. The van der Waals surface area contributed by atoms with Gasteiger partial charge >= 0.3 is 0 Å². The lowest BCUT2D eigenvalue weighted by molar-refractivity contribution is 1.21. The second kappa shape index (κ2) is 6.72. The fraction of sp³-hybridized carbons (Fsp3) is 0.100. The van der Waals surface area contributed by atoms with Crippen molar-refractivity contribution in [2.45, 2.75) is 25.7 Å². The Morgan fingerprint density at radius 1 is 0.300 bits per heavy atom. The molecule has 0 radical (unpaired) electrons. The van der Waals surface area contributed by atoms with Crippen molar-refractivity contribution in [1.82, 2.24) is 0 Å². The van der Waals surface area contributed by atoms with Gasteiger partial charge in [0.15, 0.2) is 0 Å². The SMILES string of the molecule is c1ccc(-c2cc3c4c5c2Cc2ccc6c(c2-5)-c2c(cc(-c5ccccc5)c5c2-c2c(ccc(c2-4)C3)C5)C6)cc1. The molecule has 0 saturated carbocycles. The van der Waals surface area contributed by atoms with E-state index in [2.05, 4.69) is 97.1 Å². The molecule has 0 atom stereocenters. The summed E-state index contributed by atoms with van der Waals surface area (Å²) in [7, 11) is 0. The van der Waals surface area contributed by atoms with E-state index < -0.39 is 0 Å². The number of benzene rings is 6. The van der Waals surface area contributed by atoms with E-state index in [1.807, 2.05) is 0 Å². The largest absolute Gasteiger partial charge is 0.0622 e. The van der Waals surface area contributed by atoms with Crippen LogP contribution in [0.25, 0.3) is 66.8 Å². The standard InChI is InChI=1S/C40H24/c1-3-7-21(8-4-1)29-19-27-15-23-12-14-26-18-32-30(22-9-5-2-6-10-22)20-28-16-24-11-13-25-17-31(29)39-35(25)33(24)38(28)40(32)36(26)34(23)37(27)39/h1-14,19-20H,15-18H2. The third-order valence-corrected chi connectivity index (χ3v) is 10.5. The normalized spacial score (nSPS) is 14.6. The number of rotatable bonds is 2. The van der Waals surface area contributed by atoms with Crippen LogP contribution in [0.2, 0.25) is 0 Å². The van der Waals surface area contributed by atoms with Crippen molar-refractivity contribution in [3.05, 3.63) is 142 Å². The third kappa shape index (κ3) is 2.22. The zero-order valence-corrected chi connectivity index (χ0v) is 22.1. The van der Waals surface area contributed by atoms with Crippen LogP contribution in [0, 0.1) is 0 Å². The van der Waals surface area contributed by atoms with Crippen LogP contribution in [0.1, 0.15) is 44.5 Å². The van der Waals surface area contributed by atoms with Crippen LogP contribution in [0.3, 0.4) is 0 Å². The second-order valence-corrected chi connectivity index (χ2v) is 12.3. The van der Waals surface area contributed by atoms with Crippen LogP contribution in [-0.4, -0.2) is 0 Å². The number of hydrogen-bond acceptors (Lipinski definition) is 0. The maximum Gasteiger partial charge on any atom is -0.000682 e. The van der Waals surface area contributed by atoms with Gasteiger partial charge in [0.25, 0.3) is 0 Å². The van der Waals surface area contributed by atoms with E-state index in [9.17, 15) is 0 Å². The summed E-state index contributed by atoms with van der Waals surface area (Å²) in [6.07, 6.45) is 4.12. The molecule has 0 heteroatoms. The van der Waals surface area contributed by atoms with Gasteiger partial charge in [0.2, 0.25) is 0 Å². The summed E-state index contributed by atoms with van der Waals surface area (Å²) in [6, 6.07) is 37.1. The van der Waals surface area contributed by atoms with Gasteiger partial charge in [-0.25, -0.2) is 0 Å². The Kier molecular flexibility index (Phi) is 3.40. The summed E-state index contributed by atoms with van der Waals surface area (Å²) >= 11 is 0. The lowest BCUT2D eigenvalue weighted by Crippen LogP contribution is -1.98. The highest BCUT2D eigenvalue weighted by molar-refractivity contribution is 6.15. The fourth-order valence-electron chi connectivity index (χ4n) is 8.98. The fourth-order valence-corrected chi connectivity index (χ4v) is 8.98. The highest BCUT2D eigenvalue weighted by atomic mass is 14.5. The molecule has 0 spiro atoms. The first-order valence-electron chi connectivity index (χ1n) is 14.6. The van der Waals surface area contributed by atoms with Crippen molar-refractivity contribution < 1.29 is 0 Å². The van der Waals surface area contributed by atoms with Gasteiger partial charge in [-0.3, -0.25) is 0 Å². The molecular weight excluding hydrogens is 480 g/mol. The summed E-state index contributed by atoms with van der Waals surface area (Å²) in [5.74, 6) is 0. The Hall–Kier alpha value is -4.68. The van der Waals surface area contributed by atoms with E-state index >= 15 is 0 Å². The van der Waals surface area contributed by atoms with Crippen LogP contribution < -0.4 is 0 Å². The minimum absolute atomic E-state index is 1.03. The summed E-state index contributed by atoms with van der Waals surface area (Å²) in [5, 5.41) is 0. The van der Waals surface area contributed by atoms with Crippen LogP contribution in [0.4, 0.5) is 0 Å². The average Bonchev–Trinajstić information content (AvgIpc) is 3.74. The molecule has 0 heterocycles. The molecular formula is C40H24. The van der Waals surface area contributed by atoms with Gasteiger partial charge in [-0.05, 0) is 149 Å². The minimum atomic E-state index is 1.03. The predicted octanol–water partition coefficient (Wildman–Crippen LogP) is 9.62. The first-order chi connectivity index (χ1) is 19.8. The highest BCUT2D eigenvalue weighted by Gasteiger charge is 2.42. The molecule has 11 rings (SSSR count). The van der Waals surface area contributed by atoms with Crippen LogP contribution >= 0.6 is 0 Å². The van der Waals surface area contributed by atoms with Gasteiger partial charge in [-0.2, -0.15) is 0 Å². The molecule has 0 amide bonds. The lowest BCUT2D eigenvalue weighted by Gasteiger charge is -2.24. The van der Waals surface area contributed by atoms with Gasteiger partial charge in [0, 0.05) is 0 Å². The van der Waals surface area contributed by atoms with Crippen molar-refractivity contribution in [3.63, 3.8) is 0 Å². The molecule has 5 aliphatic carbocycles. The minimum Gasteiger partial charge on any atom is -0.0622 e. The summed E-state index contributed by atoms with van der Waals surface area (Å²) in [6.45, 7) is 0. The smallest absolute Gasteiger partial charge is 0.000682 e. The molecule has 184 valence electrons. The maximum absolute atomic E-state index is 2.55. The zero-order valence-electron chi connectivity index (χ0n) is 22.1. The molecule has 0 nitrogen and oxygen atoms in total. The Morgan fingerprint density at radius 3 is 1.07 bits per heavy atom. The molecule has 0 bridgehead atoms. The monoisotopic (exact) mass is 504 g/mol. The molecule has 0 N–H and O–H groups in total. The summed E-state index contributed by atoms with van der Waals surface area (Å²) < 4.78 is 0. The summed E-state index contributed by atoms with van der Waals surface area (Å²) in [4.78, 5) is 0. The highest BCUT2D eigenvalue weighted by Crippen LogP contribution is 2.64. The Bertz CT molecular complexity index is 2020. The van der Waals surface area contributed by atoms with E-state index in [0.29, 0.717) is 0 Å². The van der Waals surface area contributed by atoms with Crippen molar-refractivity contribution in [2.75, 3.05) is 0 Å². The molecule has 0 saturated heterocycles. The van der Waals surface area contributed by atoms with Gasteiger partial charge in [-0.1, -0.05) is 84.9 Å². The van der Waals surface area contributed by atoms with Gasteiger partial charge < -0.3 is 0 Å². The van der Waals surface area contributed by atoms with E-state index in [4.69, 9.17) is 0 Å². The molecule has 40 heavy (non-hydrogen) atoms. The number of hydrogen-bond donors (Lipinski definition) is 0. The molecule has 6 aromatic carbocycles. The topological polar surface area (TPSA) is 0 Å². The predicted molar refractivity (Wildman–Crippen MR) is 164 cm³/mol. The first kappa shape index (κ1) is 20.3. The molecule has 0 fully saturated rings. The van der Waals surface area contributed by atoms with Crippen LogP contribution in [0.5, 0.6) is 0 Å². The van der Waals surface area contributed by atoms with Crippen LogP contribution in [-0.2, 0) is 25.7 Å². The van der Waals surface area contributed by atoms with Gasteiger partial charge in [0.05, 0.1) is 0 Å². The average molecular weight is 505 g/mol. The van der Waals surface area contributed by atoms with Crippen molar-refractivity contribution in [1.29, 1.82) is 0 Å². The van der Waals surface area contributed by atoms with E-state index in [1.54, 1.807) is 44.5 Å². The van der Waals surface area contributed by atoms with Gasteiger partial charge in [-0.15, -0.1) is 0 Å². The lowest BCUT2D eigenvalue weighted by atomic mass is 9.79.